The molecule has 1 aromatic carbocycles. The van der Waals surface area contributed by atoms with Gasteiger partial charge in [0.1, 0.15) is 5.75 Å². The summed E-state index contributed by atoms with van der Waals surface area (Å²) in [6.07, 6.45) is 3.77. The summed E-state index contributed by atoms with van der Waals surface area (Å²) >= 11 is 0. The predicted molar refractivity (Wildman–Crippen MR) is 112 cm³/mol. The van der Waals surface area contributed by atoms with Gasteiger partial charge in [-0.2, -0.15) is 0 Å². The van der Waals surface area contributed by atoms with E-state index in [2.05, 4.69) is 4.98 Å². The fourth-order valence-electron chi connectivity index (χ4n) is 3.64. The van der Waals surface area contributed by atoms with E-state index in [1.807, 2.05) is 68.2 Å². The van der Waals surface area contributed by atoms with Crippen LogP contribution in [0.25, 0.3) is 11.1 Å². The first-order valence-corrected chi connectivity index (χ1v) is 9.88. The largest absolute Gasteiger partial charge is 0.497 e. The first-order chi connectivity index (χ1) is 13.4. The molecular weight excluding hydrogens is 352 g/mol. The highest BCUT2D eigenvalue weighted by Crippen LogP contribution is 2.35. The molecule has 0 aliphatic carbocycles. The van der Waals surface area contributed by atoms with Crippen molar-refractivity contribution in [3.8, 4) is 16.9 Å². The van der Waals surface area contributed by atoms with Gasteiger partial charge in [-0.1, -0.05) is 26.0 Å². The number of amides is 1. The minimum Gasteiger partial charge on any atom is -0.497 e. The summed E-state index contributed by atoms with van der Waals surface area (Å²) in [4.78, 5) is 25.7. The number of hydrogen-bond donors (Lipinski definition) is 0. The maximum absolute atomic E-state index is 12.3. The third-order valence-electron chi connectivity index (χ3n) is 5.29. The Hall–Kier alpha value is -2.63. The molecule has 1 aromatic heterocycles. The van der Waals surface area contributed by atoms with Crippen LogP contribution in [0, 0.1) is 5.92 Å². The van der Waals surface area contributed by atoms with Crippen molar-refractivity contribution >= 4 is 11.9 Å². The van der Waals surface area contributed by atoms with Crippen molar-refractivity contribution < 1.29 is 9.53 Å². The Labute approximate surface area is 167 Å². The number of anilines is 1. The number of aromatic nitrogens is 2. The minimum atomic E-state index is 0.0470. The highest BCUT2D eigenvalue weighted by atomic mass is 16.5. The maximum atomic E-state index is 12.3. The lowest BCUT2D eigenvalue weighted by molar-refractivity contribution is -0.135. The lowest BCUT2D eigenvalue weighted by atomic mass is 9.88. The first-order valence-electron chi connectivity index (χ1n) is 9.88. The van der Waals surface area contributed by atoms with Crippen molar-refractivity contribution in [1.82, 2.24) is 14.9 Å². The van der Waals surface area contributed by atoms with Crippen molar-refractivity contribution in [3.05, 3.63) is 36.2 Å². The lowest BCUT2D eigenvalue weighted by Gasteiger charge is -2.33. The molecule has 2 heterocycles. The number of nitrogens with zero attached hydrogens (tertiary/aromatic N) is 4. The zero-order valence-electron chi connectivity index (χ0n) is 17.5. The molecule has 6 nitrogen and oxygen atoms in total. The van der Waals surface area contributed by atoms with Gasteiger partial charge in [-0.25, -0.2) is 9.97 Å². The van der Waals surface area contributed by atoms with E-state index in [0.29, 0.717) is 11.9 Å². The molecular formula is C22H30N4O2. The summed E-state index contributed by atoms with van der Waals surface area (Å²) in [5.74, 6) is 2.15. The van der Waals surface area contributed by atoms with E-state index in [4.69, 9.17) is 9.72 Å². The third-order valence-corrected chi connectivity index (χ3v) is 5.29. The van der Waals surface area contributed by atoms with Crippen molar-refractivity contribution in [2.24, 2.45) is 5.92 Å². The van der Waals surface area contributed by atoms with Crippen LogP contribution >= 0.6 is 0 Å². The molecule has 0 bridgehead atoms. The Balaban J connectivity index is 1.90. The van der Waals surface area contributed by atoms with E-state index in [9.17, 15) is 4.79 Å². The summed E-state index contributed by atoms with van der Waals surface area (Å²) < 4.78 is 5.28. The van der Waals surface area contributed by atoms with E-state index in [0.717, 1.165) is 48.5 Å². The monoisotopic (exact) mass is 382 g/mol. The van der Waals surface area contributed by atoms with Crippen LogP contribution in [-0.4, -0.2) is 55.1 Å². The zero-order valence-corrected chi connectivity index (χ0v) is 17.5. The molecule has 0 radical (unpaired) electrons. The number of piperidine rings is 1. The smallest absolute Gasteiger partial charge is 0.225 e. The molecule has 1 amide bonds. The van der Waals surface area contributed by atoms with Crippen molar-refractivity contribution in [2.45, 2.75) is 32.6 Å². The Morgan fingerprint density at radius 2 is 1.82 bits per heavy atom. The summed E-state index contributed by atoms with van der Waals surface area (Å²) in [6.45, 7) is 5.49. The SMILES string of the molecule is COc1ccc(-c2cnc(N(C)C)nc2C2CCN(C(=O)C(C)C)CC2)cc1. The second kappa shape index (κ2) is 8.59. The molecule has 2 aromatic rings. The Morgan fingerprint density at radius 3 is 2.36 bits per heavy atom. The van der Waals surface area contributed by atoms with Gasteiger partial charge in [-0.15, -0.1) is 0 Å². The van der Waals surface area contributed by atoms with Gasteiger partial charge in [-0.3, -0.25) is 4.79 Å². The van der Waals surface area contributed by atoms with Crippen molar-refractivity contribution in [3.63, 3.8) is 0 Å². The molecule has 1 aliphatic heterocycles. The van der Waals surface area contributed by atoms with Gasteiger partial charge >= 0.3 is 0 Å². The summed E-state index contributed by atoms with van der Waals surface area (Å²) in [5, 5.41) is 0. The topological polar surface area (TPSA) is 58.6 Å². The van der Waals surface area contributed by atoms with Crippen LogP contribution in [-0.2, 0) is 4.79 Å². The number of hydrogen-bond acceptors (Lipinski definition) is 5. The molecule has 0 unspecified atom stereocenters. The van der Waals surface area contributed by atoms with Crippen LogP contribution in [0.2, 0.25) is 0 Å². The standard InChI is InChI=1S/C22H30N4O2/c1-15(2)21(27)26-12-10-17(11-13-26)20-19(14-23-22(24-20)25(3)4)16-6-8-18(28-5)9-7-16/h6-9,14-15,17H,10-13H2,1-5H3. The molecule has 150 valence electrons. The lowest BCUT2D eigenvalue weighted by Crippen LogP contribution is -2.40. The maximum Gasteiger partial charge on any atom is 0.225 e. The number of ether oxygens (including phenoxy) is 1. The van der Waals surface area contributed by atoms with Crippen molar-refractivity contribution in [1.29, 1.82) is 0 Å². The van der Waals surface area contributed by atoms with Gasteiger partial charge < -0.3 is 14.5 Å². The number of rotatable bonds is 5. The van der Waals surface area contributed by atoms with Gasteiger partial charge in [0.05, 0.1) is 12.8 Å². The van der Waals surface area contributed by atoms with E-state index in [-0.39, 0.29) is 11.8 Å². The van der Waals surface area contributed by atoms with Crippen molar-refractivity contribution in [2.75, 3.05) is 39.2 Å². The molecule has 6 heteroatoms. The Morgan fingerprint density at radius 1 is 1.18 bits per heavy atom. The number of carbonyl (C=O) groups excluding carboxylic acids is 1. The fourth-order valence-corrected chi connectivity index (χ4v) is 3.64. The van der Waals surface area contributed by atoms with Crippen LogP contribution in [0.4, 0.5) is 5.95 Å². The fraction of sp³-hybridized carbons (Fsp3) is 0.500. The van der Waals surface area contributed by atoms with Gasteiger partial charge in [0.25, 0.3) is 0 Å². The number of carbonyl (C=O) groups is 1. The average molecular weight is 383 g/mol. The quantitative estimate of drug-likeness (QED) is 0.791. The molecule has 0 spiro atoms. The van der Waals surface area contributed by atoms with Gasteiger partial charge in [0.15, 0.2) is 0 Å². The van der Waals surface area contributed by atoms with Gasteiger partial charge in [-0.05, 0) is 30.5 Å². The average Bonchev–Trinajstić information content (AvgIpc) is 2.73. The van der Waals surface area contributed by atoms with E-state index in [1.165, 1.54) is 0 Å². The van der Waals surface area contributed by atoms with Crippen LogP contribution in [0.15, 0.2) is 30.5 Å². The second-order valence-electron chi connectivity index (χ2n) is 7.85. The molecule has 0 N–H and O–H groups in total. The molecule has 0 saturated carbocycles. The molecule has 28 heavy (non-hydrogen) atoms. The molecule has 3 rings (SSSR count). The second-order valence-corrected chi connectivity index (χ2v) is 7.85. The Kier molecular flexibility index (Phi) is 6.17. The highest BCUT2D eigenvalue weighted by molar-refractivity contribution is 5.78. The Bertz CT molecular complexity index is 810. The normalized spacial score (nSPS) is 15.0. The molecule has 0 atom stereocenters. The van der Waals surface area contributed by atoms with Crippen LogP contribution in [0.1, 0.15) is 38.3 Å². The van der Waals surface area contributed by atoms with Crippen LogP contribution < -0.4 is 9.64 Å². The summed E-state index contributed by atoms with van der Waals surface area (Å²) in [6, 6.07) is 8.02. The summed E-state index contributed by atoms with van der Waals surface area (Å²) in [7, 11) is 5.58. The molecule has 1 fully saturated rings. The minimum absolute atomic E-state index is 0.0470. The summed E-state index contributed by atoms with van der Waals surface area (Å²) in [5.41, 5.74) is 3.21. The van der Waals surface area contributed by atoms with Crippen LogP contribution in [0.5, 0.6) is 5.75 Å². The van der Waals surface area contributed by atoms with Crippen LogP contribution in [0.3, 0.4) is 0 Å². The zero-order chi connectivity index (χ0) is 20.3. The van der Waals surface area contributed by atoms with E-state index >= 15 is 0 Å². The predicted octanol–water partition coefficient (Wildman–Crippen LogP) is 3.58. The van der Waals surface area contributed by atoms with Gasteiger partial charge in [0, 0.05) is 50.8 Å². The third kappa shape index (κ3) is 4.26. The number of likely N-dealkylation sites (tertiary alicyclic amines) is 1. The highest BCUT2D eigenvalue weighted by Gasteiger charge is 2.28. The first kappa shape index (κ1) is 20.1. The molecule has 1 saturated heterocycles. The van der Waals surface area contributed by atoms with E-state index < -0.39 is 0 Å². The van der Waals surface area contributed by atoms with Gasteiger partial charge in [0.2, 0.25) is 11.9 Å². The number of benzene rings is 1. The molecule has 1 aliphatic rings. The number of methoxy groups -OCH3 is 1. The van der Waals surface area contributed by atoms with E-state index in [1.54, 1.807) is 7.11 Å².